The number of aryl methyl sites for hydroxylation is 1. The van der Waals surface area contributed by atoms with Crippen molar-refractivity contribution in [3.63, 3.8) is 0 Å². The van der Waals surface area contributed by atoms with Gasteiger partial charge in [-0.3, -0.25) is 9.59 Å². The van der Waals surface area contributed by atoms with Gasteiger partial charge in [0, 0.05) is 0 Å². The molecule has 1 saturated heterocycles. The molecule has 1 aromatic carbocycles. The van der Waals surface area contributed by atoms with Crippen LogP contribution in [-0.4, -0.2) is 36.7 Å². The van der Waals surface area contributed by atoms with Crippen LogP contribution in [0.1, 0.15) is 5.56 Å². The lowest BCUT2D eigenvalue weighted by atomic mass is 10.1. The number of hydrogen-bond acceptors (Lipinski definition) is 5. The van der Waals surface area contributed by atoms with Crippen LogP contribution in [-0.2, 0) is 24.3 Å². The van der Waals surface area contributed by atoms with Crippen molar-refractivity contribution in [1.82, 2.24) is 4.31 Å². The Kier molecular flexibility index (Phi) is 3.26. The predicted octanol–water partition coefficient (Wildman–Crippen LogP) is 0.934. The van der Waals surface area contributed by atoms with Crippen LogP contribution in [0.2, 0.25) is 0 Å². The summed E-state index contributed by atoms with van der Waals surface area (Å²) in [5.41, 5.74) is -1.04. The third-order valence-corrected chi connectivity index (χ3v) is 5.54. The number of rotatable bonds is 2. The van der Waals surface area contributed by atoms with Crippen LogP contribution < -0.4 is 0 Å². The normalized spacial score (nSPS) is 20.1. The number of allylic oxidation sites excluding steroid dienone is 2. The molecule has 1 aliphatic heterocycles. The lowest BCUT2D eigenvalue weighted by Crippen LogP contribution is -2.48. The SMILES string of the molecule is Cc1ccccc1S(=O)(=O)N1C(=O)COC12C=CC(=O)C=C2. The Labute approximate surface area is 127 Å². The Bertz CT molecular complexity index is 806. The van der Waals surface area contributed by atoms with Gasteiger partial charge in [-0.25, -0.2) is 8.42 Å². The minimum absolute atomic E-state index is 0.0342. The van der Waals surface area contributed by atoms with Crippen molar-refractivity contribution in [3.05, 3.63) is 54.1 Å². The summed E-state index contributed by atoms with van der Waals surface area (Å²) in [6.07, 6.45) is 4.96. The Hall–Kier alpha value is -2.25. The summed E-state index contributed by atoms with van der Waals surface area (Å²) in [6.45, 7) is 1.28. The van der Waals surface area contributed by atoms with E-state index in [-0.39, 0.29) is 17.3 Å². The Morgan fingerprint density at radius 1 is 1.14 bits per heavy atom. The van der Waals surface area contributed by atoms with Crippen molar-refractivity contribution in [2.75, 3.05) is 6.61 Å². The van der Waals surface area contributed by atoms with E-state index in [1.165, 1.54) is 30.4 Å². The van der Waals surface area contributed by atoms with Crippen molar-refractivity contribution in [1.29, 1.82) is 0 Å². The average Bonchev–Trinajstić information content (AvgIpc) is 2.80. The number of sulfonamides is 1. The van der Waals surface area contributed by atoms with Crippen molar-refractivity contribution < 1.29 is 22.7 Å². The highest BCUT2D eigenvalue weighted by Crippen LogP contribution is 2.35. The molecule has 0 atom stereocenters. The second-order valence-corrected chi connectivity index (χ2v) is 6.79. The number of amides is 1. The maximum absolute atomic E-state index is 12.9. The van der Waals surface area contributed by atoms with Gasteiger partial charge in [-0.15, -0.1) is 0 Å². The molecule has 1 amide bonds. The molecule has 1 spiro atoms. The number of hydrogen-bond donors (Lipinski definition) is 0. The van der Waals surface area contributed by atoms with Gasteiger partial charge in [0.15, 0.2) is 11.5 Å². The van der Waals surface area contributed by atoms with Crippen molar-refractivity contribution in [2.24, 2.45) is 0 Å². The molecule has 0 aromatic heterocycles. The van der Waals surface area contributed by atoms with E-state index in [1.807, 2.05) is 0 Å². The summed E-state index contributed by atoms with van der Waals surface area (Å²) in [5, 5.41) is 0. The fourth-order valence-corrected chi connectivity index (χ4v) is 4.29. The first-order valence-electron chi connectivity index (χ1n) is 6.57. The van der Waals surface area contributed by atoms with Gasteiger partial charge in [0.1, 0.15) is 6.61 Å². The summed E-state index contributed by atoms with van der Waals surface area (Å²) in [5.74, 6) is -0.964. The minimum atomic E-state index is -4.10. The van der Waals surface area contributed by atoms with E-state index < -0.39 is 21.7 Å². The highest BCUT2D eigenvalue weighted by molar-refractivity contribution is 7.89. The zero-order valence-electron chi connectivity index (χ0n) is 11.7. The third kappa shape index (κ3) is 2.10. The summed E-state index contributed by atoms with van der Waals surface area (Å²) in [6, 6.07) is 6.39. The largest absolute Gasteiger partial charge is 0.337 e. The summed E-state index contributed by atoms with van der Waals surface area (Å²) < 4.78 is 31.9. The number of benzene rings is 1. The average molecular weight is 319 g/mol. The van der Waals surface area contributed by atoms with Crippen LogP contribution in [0.4, 0.5) is 0 Å². The molecule has 22 heavy (non-hydrogen) atoms. The van der Waals surface area contributed by atoms with Crippen molar-refractivity contribution in [3.8, 4) is 0 Å². The van der Waals surface area contributed by atoms with E-state index in [4.69, 9.17) is 4.74 Å². The Balaban J connectivity index is 2.15. The maximum atomic E-state index is 12.9. The molecular formula is C15H13NO5S. The molecule has 3 rings (SSSR count). The zero-order chi connectivity index (χ0) is 16.0. The first-order chi connectivity index (χ1) is 10.4. The highest BCUT2D eigenvalue weighted by Gasteiger charge is 2.51. The van der Waals surface area contributed by atoms with Gasteiger partial charge < -0.3 is 4.74 Å². The molecule has 0 N–H and O–H groups in total. The van der Waals surface area contributed by atoms with E-state index in [0.29, 0.717) is 9.87 Å². The van der Waals surface area contributed by atoms with E-state index in [2.05, 4.69) is 0 Å². The van der Waals surface area contributed by atoms with Crippen LogP contribution in [0, 0.1) is 6.92 Å². The standard InChI is InChI=1S/C15H13NO5S/c1-11-4-2-3-5-13(11)22(19,20)16-14(18)10-21-15(16)8-6-12(17)7-9-15/h2-9H,10H2,1H3. The molecule has 1 fully saturated rings. The number of ketones is 1. The predicted molar refractivity (Wildman–Crippen MR) is 77.2 cm³/mol. The van der Waals surface area contributed by atoms with E-state index >= 15 is 0 Å². The fraction of sp³-hybridized carbons (Fsp3) is 0.200. The van der Waals surface area contributed by atoms with Gasteiger partial charge in [0.2, 0.25) is 0 Å². The van der Waals surface area contributed by atoms with Crippen LogP contribution in [0.5, 0.6) is 0 Å². The molecule has 0 radical (unpaired) electrons. The molecule has 0 unspecified atom stereocenters. The maximum Gasteiger partial charge on any atom is 0.269 e. The van der Waals surface area contributed by atoms with Gasteiger partial charge >= 0.3 is 0 Å². The first-order valence-corrected chi connectivity index (χ1v) is 8.01. The van der Waals surface area contributed by atoms with Crippen molar-refractivity contribution in [2.45, 2.75) is 17.5 Å². The summed E-state index contributed by atoms with van der Waals surface area (Å²) in [7, 11) is -4.10. The van der Waals surface area contributed by atoms with E-state index in [9.17, 15) is 18.0 Å². The molecule has 7 heteroatoms. The fourth-order valence-electron chi connectivity index (χ4n) is 2.50. The molecule has 0 saturated carbocycles. The molecule has 0 bridgehead atoms. The monoisotopic (exact) mass is 319 g/mol. The summed E-state index contributed by atoms with van der Waals surface area (Å²) >= 11 is 0. The smallest absolute Gasteiger partial charge is 0.269 e. The topological polar surface area (TPSA) is 80.8 Å². The lowest BCUT2D eigenvalue weighted by Gasteiger charge is -2.32. The van der Waals surface area contributed by atoms with Gasteiger partial charge in [0.05, 0.1) is 4.90 Å². The minimum Gasteiger partial charge on any atom is -0.337 e. The zero-order valence-corrected chi connectivity index (χ0v) is 12.5. The number of carbonyl (C=O) groups excluding carboxylic acids is 2. The molecule has 1 aliphatic carbocycles. The molecular weight excluding hydrogens is 306 g/mol. The van der Waals surface area contributed by atoms with E-state index in [1.54, 1.807) is 25.1 Å². The van der Waals surface area contributed by atoms with Gasteiger partial charge in [-0.05, 0) is 42.9 Å². The molecule has 1 heterocycles. The quantitative estimate of drug-likeness (QED) is 0.810. The molecule has 114 valence electrons. The number of ether oxygens (including phenoxy) is 1. The van der Waals surface area contributed by atoms with Crippen LogP contribution in [0.3, 0.4) is 0 Å². The molecule has 1 aromatic rings. The van der Waals surface area contributed by atoms with E-state index in [0.717, 1.165) is 0 Å². The first kappa shape index (κ1) is 14.7. The third-order valence-electron chi connectivity index (χ3n) is 3.56. The van der Waals surface area contributed by atoms with Crippen LogP contribution in [0.25, 0.3) is 0 Å². The van der Waals surface area contributed by atoms with Gasteiger partial charge in [-0.2, -0.15) is 4.31 Å². The van der Waals surface area contributed by atoms with Crippen molar-refractivity contribution >= 4 is 21.7 Å². The summed E-state index contributed by atoms with van der Waals surface area (Å²) in [4.78, 5) is 23.4. The highest BCUT2D eigenvalue weighted by atomic mass is 32.2. The van der Waals surface area contributed by atoms with Gasteiger partial charge in [-0.1, -0.05) is 18.2 Å². The number of nitrogens with zero attached hydrogens (tertiary/aromatic N) is 1. The Morgan fingerprint density at radius 2 is 1.77 bits per heavy atom. The number of carbonyl (C=O) groups is 2. The lowest BCUT2D eigenvalue weighted by molar-refractivity contribution is -0.124. The molecule has 6 nitrogen and oxygen atoms in total. The second kappa shape index (κ2) is 4.89. The van der Waals surface area contributed by atoms with Crippen LogP contribution >= 0.6 is 0 Å². The Morgan fingerprint density at radius 3 is 2.41 bits per heavy atom. The second-order valence-electron chi connectivity index (χ2n) is 5.04. The molecule has 2 aliphatic rings. The van der Waals surface area contributed by atoms with Crippen LogP contribution in [0.15, 0.2) is 53.5 Å². The van der Waals surface area contributed by atoms with Gasteiger partial charge in [0.25, 0.3) is 15.9 Å².